The predicted octanol–water partition coefficient (Wildman–Crippen LogP) is 2.50. The third kappa shape index (κ3) is 2.94. The zero-order valence-corrected chi connectivity index (χ0v) is 10.3. The molecule has 2 atom stereocenters. The molecule has 19 heavy (non-hydrogen) atoms. The van der Waals surface area contributed by atoms with E-state index in [1.165, 1.54) is 29.5 Å². The van der Waals surface area contributed by atoms with E-state index in [0.717, 1.165) is 6.07 Å². The zero-order valence-electron chi connectivity index (χ0n) is 10.3. The first-order chi connectivity index (χ1) is 9.11. The Bertz CT molecular complexity index is 589. The van der Waals surface area contributed by atoms with Gasteiger partial charge in [-0.2, -0.15) is 10.4 Å². The third-order valence-electron chi connectivity index (χ3n) is 3.02. The lowest BCUT2D eigenvalue weighted by atomic mass is 9.87. The van der Waals surface area contributed by atoms with Crippen LogP contribution in [0.15, 0.2) is 30.9 Å². The normalized spacial score (nSPS) is 13.8. The maximum absolute atomic E-state index is 13.8. The first-order valence-electron chi connectivity index (χ1n) is 5.78. The van der Waals surface area contributed by atoms with Crippen molar-refractivity contribution in [2.24, 2.45) is 5.92 Å². The zero-order chi connectivity index (χ0) is 13.8. The van der Waals surface area contributed by atoms with Gasteiger partial charge in [0.05, 0.1) is 18.5 Å². The molecule has 0 spiro atoms. The van der Waals surface area contributed by atoms with E-state index in [-0.39, 0.29) is 0 Å². The minimum absolute atomic E-state index is 0.311. The van der Waals surface area contributed by atoms with Crippen LogP contribution in [0.25, 0.3) is 0 Å². The fourth-order valence-electron chi connectivity index (χ4n) is 1.95. The number of nitriles is 1. The van der Waals surface area contributed by atoms with Crippen molar-refractivity contribution in [3.8, 4) is 6.07 Å². The molecule has 2 rings (SSSR count). The Balaban J connectivity index is 2.35. The van der Waals surface area contributed by atoms with Crippen molar-refractivity contribution in [2.75, 3.05) is 0 Å². The van der Waals surface area contributed by atoms with Gasteiger partial charge in [0.1, 0.15) is 24.3 Å². The Morgan fingerprint density at radius 1 is 1.42 bits per heavy atom. The predicted molar refractivity (Wildman–Crippen MR) is 63.9 cm³/mol. The quantitative estimate of drug-likeness (QED) is 0.850. The molecule has 1 aromatic heterocycles. The highest BCUT2D eigenvalue weighted by molar-refractivity contribution is 5.24. The summed E-state index contributed by atoms with van der Waals surface area (Å²) in [4.78, 5) is 3.81. The van der Waals surface area contributed by atoms with Gasteiger partial charge in [-0.05, 0) is 18.6 Å². The Labute approximate surface area is 109 Å². The molecule has 1 unspecified atom stereocenters. The van der Waals surface area contributed by atoms with Gasteiger partial charge < -0.3 is 0 Å². The first kappa shape index (κ1) is 13.1. The van der Waals surface area contributed by atoms with Crippen LogP contribution in [-0.4, -0.2) is 14.8 Å². The second-order valence-electron chi connectivity index (χ2n) is 4.31. The maximum atomic E-state index is 13.8. The molecule has 0 saturated carbocycles. The largest absolute Gasteiger partial charge is 0.252 e. The van der Waals surface area contributed by atoms with Gasteiger partial charge in [0, 0.05) is 12.0 Å². The van der Waals surface area contributed by atoms with Crippen molar-refractivity contribution in [3.63, 3.8) is 0 Å². The highest BCUT2D eigenvalue weighted by Crippen LogP contribution is 2.28. The lowest BCUT2D eigenvalue weighted by Gasteiger charge is -2.20. The van der Waals surface area contributed by atoms with Gasteiger partial charge in [0.25, 0.3) is 0 Å². The van der Waals surface area contributed by atoms with Crippen molar-refractivity contribution >= 4 is 0 Å². The molecule has 0 amide bonds. The van der Waals surface area contributed by atoms with Crippen molar-refractivity contribution in [1.29, 1.82) is 5.26 Å². The summed E-state index contributed by atoms with van der Waals surface area (Å²) in [6, 6.07) is 5.49. The molecule has 4 nitrogen and oxygen atoms in total. The van der Waals surface area contributed by atoms with Crippen LogP contribution in [-0.2, 0) is 6.54 Å². The van der Waals surface area contributed by atoms with E-state index in [2.05, 4.69) is 16.2 Å². The van der Waals surface area contributed by atoms with Gasteiger partial charge in [0.15, 0.2) is 0 Å². The second-order valence-corrected chi connectivity index (χ2v) is 4.31. The van der Waals surface area contributed by atoms with Crippen LogP contribution < -0.4 is 0 Å². The highest BCUT2D eigenvalue weighted by atomic mass is 19.1. The third-order valence-corrected chi connectivity index (χ3v) is 3.02. The van der Waals surface area contributed by atoms with E-state index in [1.807, 2.05) is 0 Å². The molecule has 0 aliphatic rings. The number of halogens is 2. The van der Waals surface area contributed by atoms with E-state index in [1.54, 1.807) is 6.92 Å². The molecule has 6 heteroatoms. The van der Waals surface area contributed by atoms with Gasteiger partial charge >= 0.3 is 0 Å². The van der Waals surface area contributed by atoms with Crippen LogP contribution in [0.1, 0.15) is 18.4 Å². The summed E-state index contributed by atoms with van der Waals surface area (Å²) < 4.78 is 28.3. The monoisotopic (exact) mass is 262 g/mol. The summed E-state index contributed by atoms with van der Waals surface area (Å²) in [6.45, 7) is 2.02. The summed E-state index contributed by atoms with van der Waals surface area (Å²) >= 11 is 0. The average molecular weight is 262 g/mol. The summed E-state index contributed by atoms with van der Waals surface area (Å²) in [5, 5.41) is 13.0. The van der Waals surface area contributed by atoms with Crippen LogP contribution in [0.2, 0.25) is 0 Å². The Morgan fingerprint density at radius 3 is 2.79 bits per heavy atom. The van der Waals surface area contributed by atoms with Crippen LogP contribution >= 0.6 is 0 Å². The molecule has 2 aromatic rings. The maximum Gasteiger partial charge on any atom is 0.137 e. The molecule has 0 bridgehead atoms. The van der Waals surface area contributed by atoms with Gasteiger partial charge in [-0.15, -0.1) is 0 Å². The van der Waals surface area contributed by atoms with Crippen molar-refractivity contribution in [2.45, 2.75) is 19.4 Å². The van der Waals surface area contributed by atoms with Crippen LogP contribution in [0.5, 0.6) is 0 Å². The molecular formula is C13H12F2N4. The molecule has 0 fully saturated rings. The number of hydrogen-bond acceptors (Lipinski definition) is 3. The number of aromatic nitrogens is 3. The standard InChI is InChI=1S/C13H12F2N4/c1-9(5-16)12(6-19-8-17-7-18-19)11-3-2-10(14)4-13(11)15/h2-4,7-9,12H,6H2,1H3/t9-,12?/m0/s1. The Kier molecular flexibility index (Phi) is 3.85. The highest BCUT2D eigenvalue weighted by Gasteiger charge is 2.23. The summed E-state index contributed by atoms with van der Waals surface area (Å²) in [5.74, 6) is -2.12. The van der Waals surface area contributed by atoms with E-state index < -0.39 is 23.5 Å². The minimum Gasteiger partial charge on any atom is -0.252 e. The molecule has 98 valence electrons. The first-order valence-corrected chi connectivity index (χ1v) is 5.78. The van der Waals surface area contributed by atoms with E-state index in [9.17, 15) is 8.78 Å². The summed E-state index contributed by atoms with van der Waals surface area (Å²) in [7, 11) is 0. The van der Waals surface area contributed by atoms with Gasteiger partial charge in [-0.25, -0.2) is 13.8 Å². The molecule has 0 aliphatic heterocycles. The number of rotatable bonds is 4. The smallest absolute Gasteiger partial charge is 0.137 e. The van der Waals surface area contributed by atoms with Crippen LogP contribution in [0.4, 0.5) is 8.78 Å². The Morgan fingerprint density at radius 2 is 2.21 bits per heavy atom. The fourth-order valence-corrected chi connectivity index (χ4v) is 1.95. The van der Waals surface area contributed by atoms with E-state index in [4.69, 9.17) is 5.26 Å². The number of hydrogen-bond donors (Lipinski definition) is 0. The van der Waals surface area contributed by atoms with E-state index >= 15 is 0 Å². The lowest BCUT2D eigenvalue weighted by molar-refractivity contribution is 0.430. The van der Waals surface area contributed by atoms with Crippen LogP contribution in [0.3, 0.4) is 0 Å². The number of nitrogens with zero attached hydrogens (tertiary/aromatic N) is 4. The average Bonchev–Trinajstić information content (AvgIpc) is 2.89. The topological polar surface area (TPSA) is 54.5 Å². The molecule has 1 aromatic carbocycles. The van der Waals surface area contributed by atoms with Crippen LogP contribution in [0, 0.1) is 28.9 Å². The van der Waals surface area contributed by atoms with Crippen molar-refractivity contribution < 1.29 is 8.78 Å². The molecule has 0 aliphatic carbocycles. The van der Waals surface area contributed by atoms with E-state index in [0.29, 0.717) is 12.1 Å². The number of benzene rings is 1. The van der Waals surface area contributed by atoms with Gasteiger partial charge in [0.2, 0.25) is 0 Å². The minimum atomic E-state index is -0.646. The van der Waals surface area contributed by atoms with Crippen molar-refractivity contribution in [1.82, 2.24) is 14.8 Å². The molecule has 0 radical (unpaired) electrons. The van der Waals surface area contributed by atoms with Gasteiger partial charge in [-0.3, -0.25) is 4.68 Å². The van der Waals surface area contributed by atoms with Crippen molar-refractivity contribution in [3.05, 3.63) is 48.1 Å². The summed E-state index contributed by atoms with van der Waals surface area (Å²) in [5.41, 5.74) is 0.311. The van der Waals surface area contributed by atoms with Gasteiger partial charge in [-0.1, -0.05) is 6.07 Å². The SMILES string of the molecule is C[C@@H](C#N)C(Cn1cncn1)c1ccc(F)cc1F. The fraction of sp³-hybridized carbons (Fsp3) is 0.308. The summed E-state index contributed by atoms with van der Waals surface area (Å²) in [6.07, 6.45) is 2.87. The Hall–Kier alpha value is -2.29. The molecule has 1 heterocycles. The second kappa shape index (κ2) is 5.57. The molecular weight excluding hydrogens is 250 g/mol. The molecule has 0 N–H and O–H groups in total. The lowest BCUT2D eigenvalue weighted by Crippen LogP contribution is -2.17. The molecule has 0 saturated heterocycles.